The number of amides is 2. The molecule has 47 heavy (non-hydrogen) atoms. The van der Waals surface area contributed by atoms with Crippen LogP contribution in [0.4, 0.5) is 10.5 Å². The Hall–Kier alpha value is -4.59. The molecule has 2 aromatic heterocycles. The third kappa shape index (κ3) is 6.38. The number of thioether (sulfide) groups is 2. The molecule has 0 aliphatic carbocycles. The molecule has 3 aromatic rings. The topological polar surface area (TPSA) is 206 Å². The number of aromatic nitrogens is 2. The van der Waals surface area contributed by atoms with Gasteiger partial charge in [0.15, 0.2) is 0 Å². The third-order valence-corrected chi connectivity index (χ3v) is 11.8. The van der Waals surface area contributed by atoms with E-state index in [1.807, 2.05) is 37.1 Å². The summed E-state index contributed by atoms with van der Waals surface area (Å²) >= 11 is 3.26. The summed E-state index contributed by atoms with van der Waals surface area (Å²) in [4.78, 5) is 90.8. The summed E-state index contributed by atoms with van der Waals surface area (Å²) in [6.07, 6.45) is 2.15. The number of carboxylic acids is 3. The number of rotatable bonds is 9. The number of allylic oxidation sites excluding steroid dienone is 1. The van der Waals surface area contributed by atoms with Crippen molar-refractivity contribution >= 4 is 91.4 Å². The van der Waals surface area contributed by atoms with Gasteiger partial charge in [-0.25, -0.2) is 0 Å². The van der Waals surface area contributed by atoms with Gasteiger partial charge in [0.1, 0.15) is 44.1 Å². The van der Waals surface area contributed by atoms with Gasteiger partial charge in [-0.1, -0.05) is 18.7 Å². The van der Waals surface area contributed by atoms with Crippen molar-refractivity contribution in [1.29, 1.82) is 0 Å². The zero-order valence-electron chi connectivity index (χ0n) is 24.7. The zero-order chi connectivity index (χ0) is 34.3. The Morgan fingerprint density at radius 2 is 1.51 bits per heavy atom. The number of benzene rings is 1. The number of nitrogens with zero attached hydrogens (tertiary/aromatic N) is 4. The third-order valence-electron chi connectivity index (χ3n) is 6.93. The van der Waals surface area contributed by atoms with Crippen LogP contribution in [0.2, 0.25) is 0 Å². The van der Waals surface area contributed by atoms with E-state index < -0.39 is 59.8 Å². The van der Waals surface area contributed by atoms with Gasteiger partial charge in [-0.2, -0.15) is 0 Å². The van der Waals surface area contributed by atoms with Crippen LogP contribution in [0.15, 0.2) is 43.8 Å². The fourth-order valence-electron chi connectivity index (χ4n) is 4.73. The van der Waals surface area contributed by atoms with Crippen LogP contribution in [0.5, 0.6) is 5.75 Å². The maximum absolute atomic E-state index is 13.8. The molecule has 3 N–H and O–H groups in total. The summed E-state index contributed by atoms with van der Waals surface area (Å²) in [6.45, 7) is -0.882. The molecule has 19 heteroatoms. The molecular formula is C28H24N4O11S4. The first-order chi connectivity index (χ1) is 22.2. The molecule has 0 atom stereocenters. The zero-order valence-corrected chi connectivity index (χ0v) is 27.9. The van der Waals surface area contributed by atoms with Crippen molar-refractivity contribution in [1.82, 2.24) is 14.0 Å². The molecule has 4 heterocycles. The molecular weight excluding hydrogens is 697 g/mol. The van der Waals surface area contributed by atoms with Crippen LogP contribution in [0, 0.1) is 9.20 Å². The first kappa shape index (κ1) is 33.8. The van der Waals surface area contributed by atoms with Gasteiger partial charge in [-0.05, 0) is 42.0 Å². The quantitative estimate of drug-likeness (QED) is 0.284. The minimum atomic E-state index is -1.46. The van der Waals surface area contributed by atoms with E-state index in [1.54, 1.807) is 13.2 Å². The Bertz CT molecular complexity index is 2260. The van der Waals surface area contributed by atoms with Crippen LogP contribution in [0.3, 0.4) is 0 Å². The van der Waals surface area contributed by atoms with Gasteiger partial charge in [0.05, 0.1) is 22.4 Å². The van der Waals surface area contributed by atoms with Gasteiger partial charge < -0.3 is 25.0 Å². The lowest BCUT2D eigenvalue weighted by molar-refractivity contribution is -0.140. The van der Waals surface area contributed by atoms with E-state index in [4.69, 9.17) is 9.84 Å². The second-order valence-corrected chi connectivity index (χ2v) is 13.9. The summed E-state index contributed by atoms with van der Waals surface area (Å²) in [5, 5.41) is 28.2. The van der Waals surface area contributed by atoms with Crippen LogP contribution in [0.25, 0.3) is 10.5 Å². The SMILES string of the molecule is CC/C(C=C1Sc2ccc(OC)cc2N1C)=c1\s/c(=c2/s/c(=C3/SC(=O)N(CC(=O)O)C3=O)n(CC(=O)O)c2=O)n(CC(=O)O)c1=O. The monoisotopic (exact) mass is 720 g/mol. The molecule has 5 rings (SSSR count). The molecule has 15 nitrogen and oxygen atoms in total. The highest BCUT2D eigenvalue weighted by atomic mass is 32.2. The van der Waals surface area contributed by atoms with E-state index in [0.29, 0.717) is 45.7 Å². The van der Waals surface area contributed by atoms with E-state index in [0.717, 1.165) is 36.1 Å². The highest BCUT2D eigenvalue weighted by molar-refractivity contribution is 8.23. The molecule has 1 saturated heterocycles. The molecule has 0 bridgehead atoms. The summed E-state index contributed by atoms with van der Waals surface area (Å²) in [6, 6.07) is 5.60. The Morgan fingerprint density at radius 1 is 0.872 bits per heavy atom. The average Bonchev–Trinajstić information content (AvgIpc) is 3.69. The number of fused-ring (bicyclic) bond motifs is 1. The summed E-state index contributed by atoms with van der Waals surface area (Å²) in [7, 11) is 3.41. The van der Waals surface area contributed by atoms with Gasteiger partial charge in [-0.15, -0.1) is 22.7 Å². The van der Waals surface area contributed by atoms with Crippen LogP contribution < -0.4 is 30.0 Å². The molecule has 0 saturated carbocycles. The van der Waals surface area contributed by atoms with Crippen LogP contribution in [-0.4, -0.2) is 79.1 Å². The molecule has 0 unspecified atom stereocenters. The number of imide groups is 1. The molecule has 0 spiro atoms. The molecule has 1 fully saturated rings. The normalized spacial score (nSPS) is 17.8. The lowest BCUT2D eigenvalue weighted by atomic mass is 10.2. The molecule has 2 aliphatic rings. The van der Waals surface area contributed by atoms with Crippen LogP contribution in [0.1, 0.15) is 13.3 Å². The second-order valence-electron chi connectivity index (χ2n) is 9.88. The Labute approximate surface area is 279 Å². The highest BCUT2D eigenvalue weighted by Gasteiger charge is 2.38. The maximum atomic E-state index is 13.8. The van der Waals surface area contributed by atoms with Gasteiger partial charge >= 0.3 is 17.9 Å². The van der Waals surface area contributed by atoms with Crippen LogP contribution in [-0.2, 0) is 32.3 Å². The van der Waals surface area contributed by atoms with Crippen molar-refractivity contribution in [3.05, 3.63) is 68.4 Å². The van der Waals surface area contributed by atoms with E-state index in [-0.39, 0.29) is 23.3 Å². The number of hydrogen-bond acceptors (Lipinski definition) is 13. The van der Waals surface area contributed by atoms with Gasteiger partial charge in [0.25, 0.3) is 22.3 Å². The van der Waals surface area contributed by atoms with E-state index in [1.165, 1.54) is 11.8 Å². The Balaban J connectivity index is 1.82. The van der Waals surface area contributed by atoms with E-state index in [2.05, 4.69) is 0 Å². The number of methoxy groups -OCH3 is 1. The first-order valence-electron chi connectivity index (χ1n) is 13.5. The number of thiazole rings is 2. The number of carboxylic acid groups (broad SMARTS) is 3. The number of ether oxygens (including phenoxy) is 1. The maximum Gasteiger partial charge on any atom is 0.323 e. The fourth-order valence-corrected chi connectivity index (χ4v) is 9.34. The first-order valence-corrected chi connectivity index (χ1v) is 16.7. The van der Waals surface area contributed by atoms with Crippen molar-refractivity contribution in [2.75, 3.05) is 25.6 Å². The lowest BCUT2D eigenvalue weighted by Gasteiger charge is -2.14. The lowest BCUT2D eigenvalue weighted by Crippen LogP contribution is -2.35. The highest BCUT2D eigenvalue weighted by Crippen LogP contribution is 2.46. The minimum Gasteiger partial charge on any atom is -0.497 e. The van der Waals surface area contributed by atoms with Crippen LogP contribution >= 0.6 is 46.2 Å². The predicted molar refractivity (Wildman–Crippen MR) is 174 cm³/mol. The average molecular weight is 721 g/mol. The molecule has 2 aliphatic heterocycles. The van der Waals surface area contributed by atoms with Crippen molar-refractivity contribution in [3.63, 3.8) is 0 Å². The van der Waals surface area contributed by atoms with Gasteiger partial charge in [0, 0.05) is 18.0 Å². The fraction of sp³-hybridized carbons (Fsp3) is 0.250. The molecule has 1 aromatic carbocycles. The predicted octanol–water partition coefficient (Wildman–Crippen LogP) is 1.13. The van der Waals surface area contributed by atoms with E-state index >= 15 is 0 Å². The Kier molecular flexibility index (Phi) is 9.53. The number of anilines is 1. The van der Waals surface area contributed by atoms with E-state index in [9.17, 15) is 43.8 Å². The minimum absolute atomic E-state index is 0.0812. The number of hydrogen-bond donors (Lipinski definition) is 3. The molecule has 2 amide bonds. The largest absolute Gasteiger partial charge is 0.497 e. The number of aliphatic carboxylic acids is 3. The van der Waals surface area contributed by atoms with Crippen molar-refractivity contribution < 1.29 is 44.0 Å². The molecule has 0 radical (unpaired) electrons. The number of carbonyl (C=O) groups is 5. The summed E-state index contributed by atoms with van der Waals surface area (Å²) in [5.41, 5.74) is -0.190. The summed E-state index contributed by atoms with van der Waals surface area (Å²) in [5.74, 6) is -4.67. The van der Waals surface area contributed by atoms with Crippen molar-refractivity contribution in [2.45, 2.75) is 31.3 Å². The summed E-state index contributed by atoms with van der Waals surface area (Å²) < 4.78 is 6.57. The van der Waals surface area contributed by atoms with Crippen molar-refractivity contribution in [2.24, 2.45) is 0 Å². The van der Waals surface area contributed by atoms with Gasteiger partial charge in [-0.3, -0.25) is 47.6 Å². The molecule has 246 valence electrons. The Morgan fingerprint density at radius 3 is 2.11 bits per heavy atom. The smallest absolute Gasteiger partial charge is 0.323 e. The second kappa shape index (κ2) is 13.3. The standard InChI is InChI=1S/C28H24N4O11S4/c1-4-12(7-16-29(2)14-8-13(43-3)5-6-15(14)44-16)20-23(39)30(9-17(33)34)26(45-20)21-24(40)31(10-18(35)36)27(46-21)22-25(41)32(11-19(37)38)28(42)47-22/h5-8H,4,9-11H2,1-3H3,(H,33,34)(H,35,36)(H,37,38)/b16-7?,20-12+,26-21+,27-22+. The van der Waals surface area contributed by atoms with Gasteiger partial charge in [0.2, 0.25) is 0 Å². The van der Waals surface area contributed by atoms with Crippen molar-refractivity contribution in [3.8, 4) is 5.75 Å². The number of carbonyl (C=O) groups excluding carboxylic acids is 2.